The minimum absolute atomic E-state index is 0.0149. The zero-order chi connectivity index (χ0) is 13.3. The van der Waals surface area contributed by atoms with Crippen molar-refractivity contribution in [2.75, 3.05) is 7.11 Å². The standard InChI is InChI=1S/C13H15NO4/c1-13(17,12(15)16)8-14-7-6-9-10(14)4-3-5-11(9)18-2/h3-7,17H,8H2,1-2H3,(H,15,16). The van der Waals surface area contributed by atoms with Crippen LogP contribution >= 0.6 is 0 Å². The first-order valence-corrected chi connectivity index (χ1v) is 5.53. The molecule has 0 saturated carbocycles. The number of aliphatic hydroxyl groups is 1. The van der Waals surface area contributed by atoms with Crippen molar-refractivity contribution in [1.82, 2.24) is 4.57 Å². The summed E-state index contributed by atoms with van der Waals surface area (Å²) in [5, 5.41) is 19.6. The highest BCUT2D eigenvalue weighted by molar-refractivity contribution is 5.86. The lowest BCUT2D eigenvalue weighted by molar-refractivity contribution is -0.157. The van der Waals surface area contributed by atoms with E-state index in [-0.39, 0.29) is 6.54 Å². The second kappa shape index (κ2) is 4.34. The van der Waals surface area contributed by atoms with Crippen LogP contribution in [0.5, 0.6) is 5.75 Å². The van der Waals surface area contributed by atoms with Crippen LogP contribution < -0.4 is 4.74 Å². The van der Waals surface area contributed by atoms with Gasteiger partial charge in [0.25, 0.3) is 0 Å². The van der Waals surface area contributed by atoms with Crippen molar-refractivity contribution in [2.45, 2.75) is 19.1 Å². The summed E-state index contributed by atoms with van der Waals surface area (Å²) in [6.45, 7) is 1.26. The van der Waals surface area contributed by atoms with E-state index >= 15 is 0 Å². The first kappa shape index (κ1) is 12.4. The van der Waals surface area contributed by atoms with E-state index < -0.39 is 11.6 Å². The van der Waals surface area contributed by atoms with E-state index in [2.05, 4.69) is 0 Å². The van der Waals surface area contributed by atoms with Crippen molar-refractivity contribution in [1.29, 1.82) is 0 Å². The molecule has 1 aromatic carbocycles. The Morgan fingerprint density at radius 3 is 2.78 bits per heavy atom. The molecule has 5 nitrogen and oxygen atoms in total. The smallest absolute Gasteiger partial charge is 0.337 e. The second-order valence-corrected chi connectivity index (χ2v) is 4.42. The van der Waals surface area contributed by atoms with Crippen LogP contribution in [0.3, 0.4) is 0 Å². The van der Waals surface area contributed by atoms with Crippen molar-refractivity contribution in [2.24, 2.45) is 0 Å². The van der Waals surface area contributed by atoms with Gasteiger partial charge in [0.05, 0.1) is 19.2 Å². The van der Waals surface area contributed by atoms with Gasteiger partial charge in [0, 0.05) is 11.6 Å². The molecular formula is C13H15NO4. The van der Waals surface area contributed by atoms with Crippen LogP contribution in [-0.4, -0.2) is 33.5 Å². The van der Waals surface area contributed by atoms with Crippen LogP contribution in [0.15, 0.2) is 30.5 Å². The average Bonchev–Trinajstić information content (AvgIpc) is 2.71. The number of aliphatic carboxylic acids is 1. The molecule has 0 bridgehead atoms. The summed E-state index contributed by atoms with van der Waals surface area (Å²) in [4.78, 5) is 10.9. The Bertz CT molecular complexity index is 586. The van der Waals surface area contributed by atoms with Crippen molar-refractivity contribution >= 4 is 16.9 Å². The molecule has 0 aliphatic rings. The van der Waals surface area contributed by atoms with Crippen LogP contribution in [0.1, 0.15) is 6.92 Å². The number of fused-ring (bicyclic) bond motifs is 1. The highest BCUT2D eigenvalue weighted by atomic mass is 16.5. The molecule has 0 spiro atoms. The Morgan fingerprint density at radius 2 is 2.17 bits per heavy atom. The first-order chi connectivity index (χ1) is 8.45. The van der Waals surface area contributed by atoms with Crippen LogP contribution in [-0.2, 0) is 11.3 Å². The number of aromatic nitrogens is 1. The maximum Gasteiger partial charge on any atom is 0.337 e. The largest absolute Gasteiger partial charge is 0.496 e. The van der Waals surface area contributed by atoms with Crippen LogP contribution in [0.25, 0.3) is 10.9 Å². The van der Waals surface area contributed by atoms with E-state index in [1.54, 1.807) is 17.9 Å². The number of benzene rings is 1. The van der Waals surface area contributed by atoms with E-state index in [9.17, 15) is 9.90 Å². The molecule has 0 aliphatic carbocycles. The minimum Gasteiger partial charge on any atom is -0.496 e. The van der Waals surface area contributed by atoms with Crippen molar-refractivity contribution in [3.05, 3.63) is 30.5 Å². The van der Waals surface area contributed by atoms with Crippen LogP contribution in [0.2, 0.25) is 0 Å². The van der Waals surface area contributed by atoms with Gasteiger partial charge >= 0.3 is 5.97 Å². The first-order valence-electron chi connectivity index (χ1n) is 5.53. The third-order valence-electron chi connectivity index (χ3n) is 2.93. The molecule has 1 atom stereocenters. The molecule has 0 aliphatic heterocycles. The van der Waals surface area contributed by atoms with Gasteiger partial charge < -0.3 is 19.5 Å². The Labute approximate surface area is 104 Å². The Morgan fingerprint density at radius 1 is 1.44 bits per heavy atom. The quantitative estimate of drug-likeness (QED) is 0.861. The topological polar surface area (TPSA) is 71.7 Å². The molecule has 0 radical (unpaired) electrons. The fraction of sp³-hybridized carbons (Fsp3) is 0.308. The van der Waals surface area contributed by atoms with E-state index in [4.69, 9.17) is 9.84 Å². The fourth-order valence-electron chi connectivity index (χ4n) is 1.91. The number of carboxylic acids is 1. The van der Waals surface area contributed by atoms with Gasteiger partial charge in [-0.25, -0.2) is 4.79 Å². The molecular weight excluding hydrogens is 234 g/mol. The average molecular weight is 249 g/mol. The Kier molecular flexibility index (Phi) is 3.00. The fourth-order valence-corrected chi connectivity index (χ4v) is 1.91. The summed E-state index contributed by atoms with van der Waals surface area (Å²) in [5.74, 6) is -0.520. The highest BCUT2D eigenvalue weighted by Gasteiger charge is 2.30. The van der Waals surface area contributed by atoms with Gasteiger partial charge in [-0.15, -0.1) is 0 Å². The molecule has 0 amide bonds. The Balaban J connectivity index is 2.45. The normalized spacial score (nSPS) is 14.4. The van der Waals surface area contributed by atoms with Gasteiger partial charge in [0.1, 0.15) is 5.75 Å². The number of hydrogen-bond acceptors (Lipinski definition) is 3. The molecule has 1 aromatic heterocycles. The number of hydrogen-bond donors (Lipinski definition) is 2. The third kappa shape index (κ3) is 2.04. The van der Waals surface area contributed by atoms with E-state index in [0.29, 0.717) is 0 Å². The van der Waals surface area contributed by atoms with Gasteiger partial charge in [-0.05, 0) is 25.1 Å². The summed E-state index contributed by atoms with van der Waals surface area (Å²) in [7, 11) is 1.58. The summed E-state index contributed by atoms with van der Waals surface area (Å²) in [5.41, 5.74) is -0.967. The Hall–Kier alpha value is -2.01. The molecule has 18 heavy (non-hydrogen) atoms. The lowest BCUT2D eigenvalue weighted by Gasteiger charge is -2.19. The maximum atomic E-state index is 10.9. The van der Waals surface area contributed by atoms with Gasteiger partial charge in [0.15, 0.2) is 5.60 Å². The zero-order valence-corrected chi connectivity index (χ0v) is 10.3. The molecule has 0 saturated heterocycles. The summed E-state index contributed by atoms with van der Waals surface area (Å²) in [6, 6.07) is 7.36. The highest BCUT2D eigenvalue weighted by Crippen LogP contribution is 2.27. The number of carboxylic acid groups (broad SMARTS) is 1. The van der Waals surface area contributed by atoms with Gasteiger partial charge in [-0.3, -0.25) is 0 Å². The predicted molar refractivity (Wildman–Crippen MR) is 66.7 cm³/mol. The molecule has 2 N–H and O–H groups in total. The summed E-state index contributed by atoms with van der Waals surface area (Å²) >= 11 is 0. The molecule has 96 valence electrons. The van der Waals surface area contributed by atoms with Crippen molar-refractivity contribution in [3.8, 4) is 5.75 Å². The SMILES string of the molecule is COc1cccc2c1ccn2CC(C)(O)C(=O)O. The summed E-state index contributed by atoms with van der Waals surface area (Å²) < 4.78 is 6.93. The van der Waals surface area contributed by atoms with Gasteiger partial charge in [-0.1, -0.05) is 6.07 Å². The molecule has 1 unspecified atom stereocenters. The molecule has 0 fully saturated rings. The van der Waals surface area contributed by atoms with Crippen LogP contribution in [0.4, 0.5) is 0 Å². The lowest BCUT2D eigenvalue weighted by Crippen LogP contribution is -2.39. The number of nitrogens with zero attached hydrogens (tertiary/aromatic N) is 1. The molecule has 1 heterocycles. The van der Waals surface area contributed by atoms with E-state index in [1.807, 2.05) is 24.3 Å². The number of ether oxygens (including phenoxy) is 1. The van der Waals surface area contributed by atoms with Gasteiger partial charge in [0.2, 0.25) is 0 Å². The number of carbonyl (C=O) groups is 1. The van der Waals surface area contributed by atoms with E-state index in [1.165, 1.54) is 6.92 Å². The van der Waals surface area contributed by atoms with E-state index in [0.717, 1.165) is 16.7 Å². The molecule has 2 rings (SSSR count). The zero-order valence-electron chi connectivity index (χ0n) is 10.3. The lowest BCUT2D eigenvalue weighted by atomic mass is 10.1. The van der Waals surface area contributed by atoms with Crippen LogP contribution in [0, 0.1) is 0 Å². The minimum atomic E-state index is -1.80. The monoisotopic (exact) mass is 249 g/mol. The van der Waals surface area contributed by atoms with Gasteiger partial charge in [-0.2, -0.15) is 0 Å². The number of rotatable bonds is 4. The second-order valence-electron chi connectivity index (χ2n) is 4.42. The van der Waals surface area contributed by atoms with Crippen molar-refractivity contribution < 1.29 is 19.7 Å². The molecule has 5 heteroatoms. The number of methoxy groups -OCH3 is 1. The molecule has 2 aromatic rings. The summed E-state index contributed by atoms with van der Waals surface area (Å²) in [6.07, 6.45) is 1.74. The maximum absolute atomic E-state index is 10.9. The predicted octanol–water partition coefficient (Wildman–Crippen LogP) is 1.49. The van der Waals surface area contributed by atoms with Crippen molar-refractivity contribution in [3.63, 3.8) is 0 Å². The third-order valence-corrected chi connectivity index (χ3v) is 2.93.